The van der Waals surface area contributed by atoms with Crippen LogP contribution in [0.3, 0.4) is 0 Å². The highest BCUT2D eigenvalue weighted by molar-refractivity contribution is 7.22. The van der Waals surface area contributed by atoms with Crippen LogP contribution in [0.5, 0.6) is 17.2 Å². The second-order valence-corrected chi connectivity index (χ2v) is 11.2. The van der Waals surface area contributed by atoms with Gasteiger partial charge in [-0.25, -0.2) is 0 Å². The van der Waals surface area contributed by atoms with E-state index in [1.807, 2.05) is 30.3 Å². The predicted molar refractivity (Wildman–Crippen MR) is 163 cm³/mol. The summed E-state index contributed by atoms with van der Waals surface area (Å²) < 4.78 is 17.4. The fourth-order valence-corrected chi connectivity index (χ4v) is 6.30. The molecule has 0 N–H and O–H groups in total. The summed E-state index contributed by atoms with van der Waals surface area (Å²) >= 11 is 1.41. The van der Waals surface area contributed by atoms with Crippen molar-refractivity contribution in [3.05, 3.63) is 77.4 Å². The van der Waals surface area contributed by atoms with Gasteiger partial charge in [-0.15, -0.1) is 17.8 Å². The number of thiophene rings is 1. The molecule has 1 saturated heterocycles. The molecule has 3 aromatic carbocycles. The van der Waals surface area contributed by atoms with E-state index in [4.69, 9.17) is 20.6 Å². The number of rotatable bonds is 9. The summed E-state index contributed by atoms with van der Waals surface area (Å²) in [5, 5.41) is 0.763. The van der Waals surface area contributed by atoms with Gasteiger partial charge in [0.1, 0.15) is 12.4 Å². The number of carbonyl (C=O) groups is 3. The average Bonchev–Trinajstić information content (AvgIpc) is 3.37. The van der Waals surface area contributed by atoms with Crippen molar-refractivity contribution in [2.75, 3.05) is 26.2 Å². The van der Waals surface area contributed by atoms with Gasteiger partial charge in [-0.2, -0.15) is 0 Å². The Balaban J connectivity index is 1.47. The normalized spacial score (nSPS) is 13.4. The molecule has 42 heavy (non-hydrogen) atoms. The molecule has 7 nitrogen and oxygen atoms in total. The van der Waals surface area contributed by atoms with Crippen molar-refractivity contribution in [1.82, 2.24) is 4.90 Å². The summed E-state index contributed by atoms with van der Waals surface area (Å²) in [6, 6.07) is 17.6. The van der Waals surface area contributed by atoms with Crippen LogP contribution in [0.25, 0.3) is 20.5 Å². The van der Waals surface area contributed by atoms with Gasteiger partial charge in [-0.3, -0.25) is 19.3 Å². The maximum atomic E-state index is 14.0. The van der Waals surface area contributed by atoms with Crippen molar-refractivity contribution in [2.45, 2.75) is 33.1 Å². The first-order valence-electron chi connectivity index (χ1n) is 13.9. The molecule has 0 radical (unpaired) electrons. The van der Waals surface area contributed by atoms with E-state index in [2.05, 4.69) is 10.8 Å². The topological polar surface area (TPSA) is 82.1 Å². The van der Waals surface area contributed by atoms with Gasteiger partial charge in [0.2, 0.25) is 0 Å². The Bertz CT molecular complexity index is 1670. The lowest BCUT2D eigenvalue weighted by Crippen LogP contribution is -2.33. The lowest BCUT2D eigenvalue weighted by atomic mass is 9.97. The quantitative estimate of drug-likeness (QED) is 0.0966. The Hall–Kier alpha value is -4.45. The van der Waals surface area contributed by atoms with Gasteiger partial charge < -0.3 is 14.2 Å². The summed E-state index contributed by atoms with van der Waals surface area (Å²) in [6.07, 6.45) is 9.42. The van der Waals surface area contributed by atoms with Gasteiger partial charge in [-0.1, -0.05) is 18.4 Å². The number of piperidine rings is 1. The van der Waals surface area contributed by atoms with Crippen LogP contribution in [0, 0.1) is 12.3 Å². The van der Waals surface area contributed by atoms with Crippen molar-refractivity contribution < 1.29 is 28.6 Å². The third kappa shape index (κ3) is 6.71. The minimum Gasteiger partial charge on any atom is -0.492 e. The smallest absolute Gasteiger partial charge is 0.308 e. The summed E-state index contributed by atoms with van der Waals surface area (Å²) in [6.45, 7) is 6.24. The highest BCUT2D eigenvalue weighted by atomic mass is 32.1. The summed E-state index contributed by atoms with van der Waals surface area (Å²) in [4.78, 5) is 40.5. The third-order valence-corrected chi connectivity index (χ3v) is 8.24. The zero-order chi connectivity index (χ0) is 29.6. The van der Waals surface area contributed by atoms with E-state index in [9.17, 15) is 14.4 Å². The summed E-state index contributed by atoms with van der Waals surface area (Å²) in [5.74, 6) is 2.28. The molecule has 0 bridgehead atoms. The van der Waals surface area contributed by atoms with E-state index >= 15 is 0 Å². The first-order chi connectivity index (χ1) is 20.3. The number of ketones is 1. The van der Waals surface area contributed by atoms with Crippen molar-refractivity contribution in [2.24, 2.45) is 0 Å². The molecule has 2 heterocycles. The maximum Gasteiger partial charge on any atom is 0.308 e. The van der Waals surface area contributed by atoms with Crippen molar-refractivity contribution >= 4 is 39.1 Å². The largest absolute Gasteiger partial charge is 0.492 e. The van der Waals surface area contributed by atoms with Gasteiger partial charge >= 0.3 is 11.9 Å². The van der Waals surface area contributed by atoms with Crippen LogP contribution in [0.1, 0.15) is 54.6 Å². The van der Waals surface area contributed by atoms with Gasteiger partial charge in [0.05, 0.1) is 0 Å². The molecule has 0 aliphatic carbocycles. The standard InChI is InChI=1S/C34H31NO6S/c1-4-24-8-14-28-31(20-24)42-34(26-11-15-29(40-22(2)36)30(21-26)41-23(3)37)32(28)33(38)25-9-12-27(13-10-25)39-19-18-35-16-6-5-7-17-35/h1,8-15,20-21H,5-7,16-19H2,2-3H3. The minimum absolute atomic E-state index is 0.0847. The zero-order valence-electron chi connectivity index (χ0n) is 23.6. The molecule has 0 amide bonds. The van der Waals surface area contributed by atoms with Crippen LogP contribution in [-0.2, 0) is 9.59 Å². The van der Waals surface area contributed by atoms with Crippen LogP contribution < -0.4 is 14.2 Å². The monoisotopic (exact) mass is 581 g/mol. The van der Waals surface area contributed by atoms with E-state index in [1.165, 1.54) is 44.4 Å². The van der Waals surface area contributed by atoms with Crippen LogP contribution in [0.4, 0.5) is 0 Å². The number of carbonyl (C=O) groups excluding carboxylic acids is 3. The SMILES string of the molecule is C#Cc1ccc2c(C(=O)c3ccc(OCCN4CCCCC4)cc3)c(-c3ccc(OC(C)=O)c(OC(C)=O)c3)sc2c1. The summed E-state index contributed by atoms with van der Waals surface area (Å²) in [5.41, 5.74) is 2.35. The van der Waals surface area contributed by atoms with E-state index in [0.29, 0.717) is 39.5 Å². The number of hydrogen-bond acceptors (Lipinski definition) is 8. The van der Waals surface area contributed by atoms with E-state index < -0.39 is 11.9 Å². The number of nitrogens with zero attached hydrogens (tertiary/aromatic N) is 1. The Morgan fingerprint density at radius 1 is 0.881 bits per heavy atom. The Kier molecular flexibility index (Phi) is 9.01. The van der Waals surface area contributed by atoms with Gasteiger partial charge in [0, 0.05) is 52.0 Å². The number of likely N-dealkylation sites (tertiary alicyclic amines) is 1. The van der Waals surface area contributed by atoms with E-state index in [0.717, 1.165) is 29.7 Å². The number of benzene rings is 3. The van der Waals surface area contributed by atoms with Gasteiger partial charge in [0.15, 0.2) is 17.3 Å². The molecule has 0 unspecified atom stereocenters. The van der Waals surface area contributed by atoms with Gasteiger partial charge in [-0.05, 0) is 86.1 Å². The first-order valence-corrected chi connectivity index (χ1v) is 14.7. The molecule has 0 spiro atoms. The minimum atomic E-state index is -0.565. The van der Waals surface area contributed by atoms with Crippen LogP contribution in [0.2, 0.25) is 0 Å². The Morgan fingerprint density at radius 2 is 1.60 bits per heavy atom. The fraction of sp³-hybridized carbons (Fsp3) is 0.265. The second kappa shape index (κ2) is 13.0. The number of fused-ring (bicyclic) bond motifs is 1. The highest BCUT2D eigenvalue weighted by Crippen LogP contribution is 2.43. The molecule has 1 fully saturated rings. The molecular formula is C34H31NO6S. The number of terminal acetylenes is 1. The van der Waals surface area contributed by atoms with Crippen molar-refractivity contribution in [3.63, 3.8) is 0 Å². The second-order valence-electron chi connectivity index (χ2n) is 10.1. The molecule has 5 rings (SSSR count). The Morgan fingerprint density at radius 3 is 2.29 bits per heavy atom. The van der Waals surface area contributed by atoms with Crippen LogP contribution in [0.15, 0.2) is 60.7 Å². The van der Waals surface area contributed by atoms with Crippen LogP contribution in [-0.4, -0.2) is 48.9 Å². The lowest BCUT2D eigenvalue weighted by molar-refractivity contribution is -0.134. The molecule has 1 aliphatic rings. The number of hydrogen-bond donors (Lipinski definition) is 0. The molecule has 0 atom stereocenters. The molecule has 4 aromatic rings. The third-order valence-electron chi connectivity index (χ3n) is 7.04. The molecular weight excluding hydrogens is 550 g/mol. The molecule has 1 aromatic heterocycles. The van der Waals surface area contributed by atoms with Crippen LogP contribution >= 0.6 is 11.3 Å². The molecule has 214 valence electrons. The van der Waals surface area contributed by atoms with Gasteiger partial charge in [0.25, 0.3) is 0 Å². The highest BCUT2D eigenvalue weighted by Gasteiger charge is 2.23. The number of esters is 2. The zero-order valence-corrected chi connectivity index (χ0v) is 24.4. The van der Waals surface area contributed by atoms with E-state index in [-0.39, 0.29) is 17.3 Å². The molecule has 1 aliphatic heterocycles. The number of ether oxygens (including phenoxy) is 3. The molecule has 8 heteroatoms. The fourth-order valence-electron chi connectivity index (χ4n) is 5.06. The van der Waals surface area contributed by atoms with Crippen molar-refractivity contribution in [1.29, 1.82) is 0 Å². The first kappa shape index (κ1) is 29.1. The van der Waals surface area contributed by atoms with E-state index in [1.54, 1.807) is 30.3 Å². The predicted octanol–water partition coefficient (Wildman–Crippen LogP) is 6.50. The van der Waals surface area contributed by atoms with Crippen molar-refractivity contribution in [3.8, 4) is 40.0 Å². The average molecular weight is 582 g/mol. The lowest BCUT2D eigenvalue weighted by Gasteiger charge is -2.26. The Labute approximate surface area is 249 Å². The molecule has 0 saturated carbocycles. The maximum absolute atomic E-state index is 14.0. The summed E-state index contributed by atoms with van der Waals surface area (Å²) in [7, 11) is 0.